The van der Waals surface area contributed by atoms with Gasteiger partial charge in [-0.2, -0.15) is 0 Å². The average Bonchev–Trinajstić information content (AvgIpc) is 2.37. The Labute approximate surface area is 109 Å². The molecule has 3 nitrogen and oxygen atoms in total. The van der Waals surface area contributed by atoms with E-state index in [1.54, 1.807) is 6.92 Å². The van der Waals surface area contributed by atoms with E-state index >= 15 is 0 Å². The second-order valence-electron chi connectivity index (χ2n) is 4.05. The number of carbonyl (C=O) groups excluding carboxylic acids is 1. The molecule has 2 aromatic carbocycles. The summed E-state index contributed by atoms with van der Waals surface area (Å²) in [6.45, 7) is 1.61. The number of hydrogen-bond donors (Lipinski definition) is 2. The van der Waals surface area contributed by atoms with Crippen molar-refractivity contribution in [3.63, 3.8) is 0 Å². The van der Waals surface area contributed by atoms with Crippen LogP contribution in [-0.4, -0.2) is 6.03 Å². The van der Waals surface area contributed by atoms with Gasteiger partial charge in [-0.05, 0) is 55.0 Å². The predicted molar refractivity (Wildman–Crippen MR) is 70.2 cm³/mol. The van der Waals surface area contributed by atoms with Gasteiger partial charge in [-0.25, -0.2) is 13.6 Å². The third-order valence-electron chi connectivity index (χ3n) is 2.52. The number of nitrogens with one attached hydrogen (secondary N) is 2. The minimum absolute atomic E-state index is 0.329. The zero-order valence-corrected chi connectivity index (χ0v) is 10.2. The van der Waals surface area contributed by atoms with Gasteiger partial charge in [0.2, 0.25) is 0 Å². The fraction of sp³-hybridized carbons (Fsp3) is 0.0714. The zero-order valence-electron chi connectivity index (χ0n) is 10.2. The van der Waals surface area contributed by atoms with Gasteiger partial charge in [0, 0.05) is 11.4 Å². The molecule has 0 radical (unpaired) electrons. The number of benzene rings is 2. The summed E-state index contributed by atoms with van der Waals surface area (Å²) in [4.78, 5) is 11.7. The number of aryl methyl sites for hydroxylation is 1. The van der Waals surface area contributed by atoms with Gasteiger partial charge in [0.25, 0.3) is 0 Å². The Kier molecular flexibility index (Phi) is 3.75. The smallest absolute Gasteiger partial charge is 0.308 e. The number of halogens is 2. The van der Waals surface area contributed by atoms with Crippen molar-refractivity contribution in [2.24, 2.45) is 0 Å². The van der Waals surface area contributed by atoms with Crippen molar-refractivity contribution in [1.29, 1.82) is 0 Å². The Hall–Kier alpha value is -2.43. The van der Waals surface area contributed by atoms with Gasteiger partial charge >= 0.3 is 6.03 Å². The summed E-state index contributed by atoms with van der Waals surface area (Å²) in [5, 5.41) is 5.10. The summed E-state index contributed by atoms with van der Waals surface area (Å²) < 4.78 is 25.7. The molecule has 0 spiro atoms. The molecular weight excluding hydrogens is 250 g/mol. The normalized spacial score (nSPS) is 10.1. The molecule has 2 rings (SSSR count). The highest BCUT2D eigenvalue weighted by Gasteiger charge is 2.04. The fourth-order valence-electron chi connectivity index (χ4n) is 1.55. The Morgan fingerprint density at radius 1 is 0.947 bits per heavy atom. The van der Waals surface area contributed by atoms with E-state index in [2.05, 4.69) is 10.6 Å². The van der Waals surface area contributed by atoms with Crippen LogP contribution < -0.4 is 10.6 Å². The van der Waals surface area contributed by atoms with Crippen molar-refractivity contribution < 1.29 is 13.6 Å². The molecule has 0 aliphatic rings. The molecule has 2 aromatic rings. The molecule has 0 aliphatic heterocycles. The Bertz CT molecular complexity index is 597. The zero-order chi connectivity index (χ0) is 13.8. The van der Waals surface area contributed by atoms with E-state index in [0.29, 0.717) is 16.9 Å². The number of amides is 2. The summed E-state index contributed by atoms with van der Waals surface area (Å²) in [7, 11) is 0. The van der Waals surface area contributed by atoms with E-state index in [-0.39, 0.29) is 11.6 Å². The minimum Gasteiger partial charge on any atom is -0.308 e. The van der Waals surface area contributed by atoms with Crippen LogP contribution in [-0.2, 0) is 0 Å². The molecule has 98 valence electrons. The molecule has 19 heavy (non-hydrogen) atoms. The number of carbonyl (C=O) groups is 1. The van der Waals surface area contributed by atoms with E-state index in [4.69, 9.17) is 0 Å². The Morgan fingerprint density at radius 3 is 2.16 bits per heavy atom. The molecule has 0 aromatic heterocycles. The van der Waals surface area contributed by atoms with Gasteiger partial charge in [0.1, 0.15) is 11.6 Å². The van der Waals surface area contributed by atoms with Crippen LogP contribution in [0.15, 0.2) is 42.5 Å². The summed E-state index contributed by atoms with van der Waals surface area (Å²) >= 11 is 0. The number of hydrogen-bond acceptors (Lipinski definition) is 1. The summed E-state index contributed by atoms with van der Waals surface area (Å²) in [5.74, 6) is -0.704. The lowest BCUT2D eigenvalue weighted by Crippen LogP contribution is -2.19. The van der Waals surface area contributed by atoms with Gasteiger partial charge in [-0.15, -0.1) is 0 Å². The maximum absolute atomic E-state index is 13.1. The van der Waals surface area contributed by atoms with Crippen molar-refractivity contribution in [2.75, 3.05) is 10.6 Å². The molecule has 0 heterocycles. The maximum atomic E-state index is 13.1. The van der Waals surface area contributed by atoms with Crippen LogP contribution in [0.2, 0.25) is 0 Å². The first kappa shape index (κ1) is 13.0. The Morgan fingerprint density at radius 2 is 1.53 bits per heavy atom. The highest BCUT2D eigenvalue weighted by atomic mass is 19.1. The molecule has 5 heteroatoms. The predicted octanol–water partition coefficient (Wildman–Crippen LogP) is 3.92. The lowest BCUT2D eigenvalue weighted by atomic mass is 10.2. The molecule has 0 saturated heterocycles. The lowest BCUT2D eigenvalue weighted by Gasteiger charge is -2.08. The number of rotatable bonds is 2. The van der Waals surface area contributed by atoms with E-state index in [9.17, 15) is 13.6 Å². The second-order valence-corrected chi connectivity index (χ2v) is 4.05. The van der Waals surface area contributed by atoms with E-state index in [0.717, 1.165) is 0 Å². The van der Waals surface area contributed by atoms with Crippen LogP contribution in [0.25, 0.3) is 0 Å². The highest BCUT2D eigenvalue weighted by molar-refractivity contribution is 5.99. The van der Waals surface area contributed by atoms with Crippen LogP contribution in [0.4, 0.5) is 25.0 Å². The quantitative estimate of drug-likeness (QED) is 0.846. The van der Waals surface area contributed by atoms with Crippen LogP contribution >= 0.6 is 0 Å². The van der Waals surface area contributed by atoms with E-state index in [1.807, 2.05) is 0 Å². The molecule has 0 saturated carbocycles. The highest BCUT2D eigenvalue weighted by Crippen LogP contribution is 2.14. The fourth-order valence-corrected chi connectivity index (χ4v) is 1.55. The van der Waals surface area contributed by atoms with Crippen LogP contribution in [0, 0.1) is 18.6 Å². The third kappa shape index (κ3) is 3.51. The minimum atomic E-state index is -0.474. The SMILES string of the molecule is Cc1cc(NC(=O)Nc2ccc(F)cc2)ccc1F. The number of urea groups is 1. The van der Waals surface area contributed by atoms with Crippen LogP contribution in [0.3, 0.4) is 0 Å². The van der Waals surface area contributed by atoms with Crippen molar-refractivity contribution in [3.8, 4) is 0 Å². The van der Waals surface area contributed by atoms with Crippen molar-refractivity contribution >= 4 is 17.4 Å². The largest absolute Gasteiger partial charge is 0.323 e. The average molecular weight is 262 g/mol. The topological polar surface area (TPSA) is 41.1 Å². The summed E-state index contributed by atoms with van der Waals surface area (Å²) in [6.07, 6.45) is 0. The molecule has 0 atom stereocenters. The molecule has 2 amide bonds. The number of anilines is 2. The summed E-state index contributed by atoms with van der Waals surface area (Å²) in [6, 6.07) is 9.19. The van der Waals surface area contributed by atoms with Crippen molar-refractivity contribution in [3.05, 3.63) is 59.7 Å². The van der Waals surface area contributed by atoms with E-state index < -0.39 is 6.03 Å². The first-order valence-corrected chi connectivity index (χ1v) is 5.64. The van der Waals surface area contributed by atoms with Crippen molar-refractivity contribution in [2.45, 2.75) is 6.92 Å². The van der Waals surface area contributed by atoms with Gasteiger partial charge < -0.3 is 10.6 Å². The molecule has 0 bridgehead atoms. The Balaban J connectivity index is 2.01. The van der Waals surface area contributed by atoms with Gasteiger partial charge in [-0.3, -0.25) is 0 Å². The molecule has 2 N–H and O–H groups in total. The van der Waals surface area contributed by atoms with Gasteiger partial charge in [-0.1, -0.05) is 0 Å². The second kappa shape index (κ2) is 5.48. The molecule has 0 fully saturated rings. The maximum Gasteiger partial charge on any atom is 0.323 e. The molecular formula is C14H12F2N2O. The van der Waals surface area contributed by atoms with E-state index in [1.165, 1.54) is 42.5 Å². The van der Waals surface area contributed by atoms with Crippen LogP contribution in [0.5, 0.6) is 0 Å². The van der Waals surface area contributed by atoms with Gasteiger partial charge in [0.15, 0.2) is 0 Å². The standard InChI is InChI=1S/C14H12F2N2O/c1-9-8-12(6-7-13(9)16)18-14(19)17-11-4-2-10(15)3-5-11/h2-8H,1H3,(H2,17,18,19). The molecule has 0 unspecified atom stereocenters. The first-order valence-electron chi connectivity index (χ1n) is 5.64. The summed E-state index contributed by atoms with van der Waals surface area (Å²) in [5.41, 5.74) is 1.40. The lowest BCUT2D eigenvalue weighted by molar-refractivity contribution is 0.262. The monoisotopic (exact) mass is 262 g/mol. The first-order chi connectivity index (χ1) is 9.04. The third-order valence-corrected chi connectivity index (χ3v) is 2.52. The van der Waals surface area contributed by atoms with Crippen LogP contribution in [0.1, 0.15) is 5.56 Å². The van der Waals surface area contributed by atoms with Gasteiger partial charge in [0.05, 0.1) is 0 Å². The van der Waals surface area contributed by atoms with Crippen molar-refractivity contribution in [1.82, 2.24) is 0 Å². The molecule has 0 aliphatic carbocycles.